The number of aromatic nitrogens is 1. The molecule has 3 heteroatoms. The predicted octanol–water partition coefficient (Wildman–Crippen LogP) is 2.23. The number of anilines is 1. The minimum Gasteiger partial charge on any atom is -0.381 e. The zero-order chi connectivity index (χ0) is 10.5. The monoisotopic (exact) mass is 206 g/mol. The summed E-state index contributed by atoms with van der Waals surface area (Å²) in [7, 11) is 0. The first-order valence-corrected chi connectivity index (χ1v) is 5.59. The molecule has 1 fully saturated rings. The zero-order valence-corrected chi connectivity index (χ0v) is 9.20. The van der Waals surface area contributed by atoms with Crippen LogP contribution in [0.4, 0.5) is 5.82 Å². The van der Waals surface area contributed by atoms with Crippen LogP contribution in [0.25, 0.3) is 0 Å². The van der Waals surface area contributed by atoms with E-state index in [-0.39, 0.29) is 0 Å². The molecule has 2 rings (SSSR count). The fourth-order valence-electron chi connectivity index (χ4n) is 1.86. The molecule has 1 N–H and O–H groups in total. The number of hydrogen-bond donors (Lipinski definition) is 1. The lowest BCUT2D eigenvalue weighted by Crippen LogP contribution is -2.23. The van der Waals surface area contributed by atoms with Gasteiger partial charge in [0.25, 0.3) is 0 Å². The Labute approximate surface area is 90.9 Å². The van der Waals surface area contributed by atoms with Crippen LogP contribution < -0.4 is 5.32 Å². The third-order valence-corrected chi connectivity index (χ3v) is 2.91. The highest BCUT2D eigenvalue weighted by Crippen LogP contribution is 2.16. The Morgan fingerprint density at radius 3 is 3.00 bits per heavy atom. The highest BCUT2D eigenvalue weighted by atomic mass is 16.5. The van der Waals surface area contributed by atoms with Gasteiger partial charge in [-0.3, -0.25) is 0 Å². The van der Waals surface area contributed by atoms with Crippen molar-refractivity contribution in [3.63, 3.8) is 0 Å². The SMILES string of the molecule is Cc1cccnc1NCC1CCOCC1. The molecular formula is C12H18N2O. The summed E-state index contributed by atoms with van der Waals surface area (Å²) in [5.41, 5.74) is 1.21. The van der Waals surface area contributed by atoms with Crippen molar-refractivity contribution in [2.75, 3.05) is 25.1 Å². The molecule has 1 aromatic heterocycles. The summed E-state index contributed by atoms with van der Waals surface area (Å²) in [5.74, 6) is 1.75. The molecule has 2 heterocycles. The maximum absolute atomic E-state index is 5.33. The summed E-state index contributed by atoms with van der Waals surface area (Å²) in [6.07, 6.45) is 4.16. The molecule has 1 saturated heterocycles. The van der Waals surface area contributed by atoms with Gasteiger partial charge in [0.2, 0.25) is 0 Å². The zero-order valence-electron chi connectivity index (χ0n) is 9.20. The summed E-state index contributed by atoms with van der Waals surface area (Å²) >= 11 is 0. The summed E-state index contributed by atoms with van der Waals surface area (Å²) in [6, 6.07) is 4.05. The molecular weight excluding hydrogens is 188 g/mol. The van der Waals surface area contributed by atoms with Crippen LogP contribution in [0.2, 0.25) is 0 Å². The number of nitrogens with zero attached hydrogens (tertiary/aromatic N) is 1. The van der Waals surface area contributed by atoms with Crippen LogP contribution in [0, 0.1) is 12.8 Å². The molecule has 0 atom stereocenters. The summed E-state index contributed by atoms with van der Waals surface area (Å²) in [5, 5.41) is 3.42. The molecule has 0 radical (unpaired) electrons. The molecule has 0 aliphatic carbocycles. The van der Waals surface area contributed by atoms with Gasteiger partial charge in [0, 0.05) is 26.0 Å². The molecule has 0 aromatic carbocycles. The van der Waals surface area contributed by atoms with Crippen molar-refractivity contribution in [2.24, 2.45) is 5.92 Å². The lowest BCUT2D eigenvalue weighted by molar-refractivity contribution is 0.0699. The van der Waals surface area contributed by atoms with E-state index in [1.165, 1.54) is 18.4 Å². The minimum atomic E-state index is 0.736. The molecule has 1 aromatic rings. The first-order chi connectivity index (χ1) is 7.36. The third-order valence-electron chi connectivity index (χ3n) is 2.91. The fourth-order valence-corrected chi connectivity index (χ4v) is 1.86. The first kappa shape index (κ1) is 10.4. The lowest BCUT2D eigenvalue weighted by Gasteiger charge is -2.22. The molecule has 82 valence electrons. The van der Waals surface area contributed by atoms with Gasteiger partial charge in [-0.25, -0.2) is 4.98 Å². The van der Waals surface area contributed by atoms with Gasteiger partial charge in [-0.2, -0.15) is 0 Å². The van der Waals surface area contributed by atoms with E-state index < -0.39 is 0 Å². The number of rotatable bonds is 3. The first-order valence-electron chi connectivity index (χ1n) is 5.59. The van der Waals surface area contributed by atoms with Crippen LogP contribution in [-0.2, 0) is 4.74 Å². The second kappa shape index (κ2) is 5.12. The average Bonchev–Trinajstić information content (AvgIpc) is 2.29. The van der Waals surface area contributed by atoms with E-state index in [2.05, 4.69) is 23.3 Å². The molecule has 0 unspecified atom stereocenters. The number of pyridine rings is 1. The van der Waals surface area contributed by atoms with Crippen molar-refractivity contribution in [3.05, 3.63) is 23.9 Å². The minimum absolute atomic E-state index is 0.736. The lowest BCUT2D eigenvalue weighted by atomic mass is 10.0. The maximum Gasteiger partial charge on any atom is 0.128 e. The van der Waals surface area contributed by atoms with Crippen molar-refractivity contribution >= 4 is 5.82 Å². The Balaban J connectivity index is 1.84. The van der Waals surface area contributed by atoms with E-state index >= 15 is 0 Å². The van der Waals surface area contributed by atoms with Crippen molar-refractivity contribution in [1.82, 2.24) is 4.98 Å². The third kappa shape index (κ3) is 2.93. The average molecular weight is 206 g/mol. The van der Waals surface area contributed by atoms with Gasteiger partial charge in [-0.05, 0) is 37.3 Å². The maximum atomic E-state index is 5.33. The number of nitrogens with one attached hydrogen (secondary N) is 1. The van der Waals surface area contributed by atoms with Crippen molar-refractivity contribution in [3.8, 4) is 0 Å². The Morgan fingerprint density at radius 1 is 1.47 bits per heavy atom. The molecule has 0 spiro atoms. The molecule has 1 aliphatic rings. The second-order valence-corrected chi connectivity index (χ2v) is 4.11. The Bertz CT molecular complexity index is 308. The highest BCUT2D eigenvalue weighted by Gasteiger charge is 2.13. The molecule has 0 amide bonds. The van der Waals surface area contributed by atoms with Gasteiger partial charge in [-0.15, -0.1) is 0 Å². The van der Waals surface area contributed by atoms with Crippen LogP contribution in [0.1, 0.15) is 18.4 Å². The van der Waals surface area contributed by atoms with Gasteiger partial charge < -0.3 is 10.1 Å². The molecule has 0 bridgehead atoms. The van der Waals surface area contributed by atoms with Gasteiger partial charge in [-0.1, -0.05) is 6.07 Å². The van der Waals surface area contributed by atoms with E-state index in [1.54, 1.807) is 0 Å². The number of ether oxygens (including phenoxy) is 1. The number of hydrogen-bond acceptors (Lipinski definition) is 3. The van der Waals surface area contributed by atoms with Crippen LogP contribution in [0.3, 0.4) is 0 Å². The van der Waals surface area contributed by atoms with Gasteiger partial charge >= 0.3 is 0 Å². The van der Waals surface area contributed by atoms with Gasteiger partial charge in [0.1, 0.15) is 5.82 Å². The van der Waals surface area contributed by atoms with Crippen LogP contribution in [0.5, 0.6) is 0 Å². The van der Waals surface area contributed by atoms with E-state index in [1.807, 2.05) is 12.3 Å². The summed E-state index contributed by atoms with van der Waals surface area (Å²) < 4.78 is 5.33. The van der Waals surface area contributed by atoms with Crippen LogP contribution >= 0.6 is 0 Å². The predicted molar refractivity (Wildman–Crippen MR) is 61.0 cm³/mol. The Hall–Kier alpha value is -1.09. The van der Waals surface area contributed by atoms with Gasteiger partial charge in [0.15, 0.2) is 0 Å². The molecule has 3 nitrogen and oxygen atoms in total. The summed E-state index contributed by atoms with van der Waals surface area (Å²) in [6.45, 7) is 4.92. The Kier molecular flexibility index (Phi) is 3.56. The smallest absolute Gasteiger partial charge is 0.128 e. The second-order valence-electron chi connectivity index (χ2n) is 4.11. The van der Waals surface area contributed by atoms with Gasteiger partial charge in [0.05, 0.1) is 0 Å². The topological polar surface area (TPSA) is 34.2 Å². The quantitative estimate of drug-likeness (QED) is 0.823. The van der Waals surface area contributed by atoms with Crippen LogP contribution in [0.15, 0.2) is 18.3 Å². The standard InChI is InChI=1S/C12H18N2O/c1-10-3-2-6-13-12(10)14-9-11-4-7-15-8-5-11/h2-3,6,11H,4-5,7-9H2,1H3,(H,13,14). The van der Waals surface area contributed by atoms with E-state index in [0.29, 0.717) is 0 Å². The fraction of sp³-hybridized carbons (Fsp3) is 0.583. The highest BCUT2D eigenvalue weighted by molar-refractivity contribution is 5.42. The molecule has 1 aliphatic heterocycles. The van der Waals surface area contributed by atoms with Crippen molar-refractivity contribution in [1.29, 1.82) is 0 Å². The number of aryl methyl sites for hydroxylation is 1. The van der Waals surface area contributed by atoms with E-state index in [4.69, 9.17) is 4.74 Å². The largest absolute Gasteiger partial charge is 0.381 e. The van der Waals surface area contributed by atoms with E-state index in [0.717, 1.165) is 31.5 Å². The van der Waals surface area contributed by atoms with Crippen molar-refractivity contribution < 1.29 is 4.74 Å². The van der Waals surface area contributed by atoms with E-state index in [9.17, 15) is 0 Å². The van der Waals surface area contributed by atoms with Crippen LogP contribution in [-0.4, -0.2) is 24.7 Å². The Morgan fingerprint density at radius 2 is 2.27 bits per heavy atom. The van der Waals surface area contributed by atoms with Crippen molar-refractivity contribution in [2.45, 2.75) is 19.8 Å². The molecule has 0 saturated carbocycles. The normalized spacial score (nSPS) is 17.7. The molecule has 15 heavy (non-hydrogen) atoms. The summed E-state index contributed by atoms with van der Waals surface area (Å²) in [4.78, 5) is 4.32.